The quantitative estimate of drug-likeness (QED) is 0.581. The molecule has 9 heavy (non-hydrogen) atoms. The van der Waals surface area contributed by atoms with E-state index in [0.717, 1.165) is 18.9 Å². The van der Waals surface area contributed by atoms with E-state index in [-0.39, 0.29) is 0 Å². The fourth-order valence-electron chi connectivity index (χ4n) is 0.844. The Hall–Kier alpha value is -0.530. The molecule has 1 aliphatic rings. The summed E-state index contributed by atoms with van der Waals surface area (Å²) in [6.07, 6.45) is 2.15. The second-order valence-electron chi connectivity index (χ2n) is 2.60. The third-order valence-corrected chi connectivity index (χ3v) is 1.19. The van der Waals surface area contributed by atoms with Crippen molar-refractivity contribution in [1.82, 2.24) is 5.32 Å². The van der Waals surface area contributed by atoms with Gasteiger partial charge in [-0.05, 0) is 5.92 Å². The van der Waals surface area contributed by atoms with Gasteiger partial charge in [0.1, 0.15) is 5.84 Å². The van der Waals surface area contributed by atoms with Gasteiger partial charge in [0, 0.05) is 13.0 Å². The van der Waals surface area contributed by atoms with Crippen LogP contribution in [0.15, 0.2) is 4.99 Å². The van der Waals surface area contributed by atoms with E-state index in [4.69, 9.17) is 0 Å². The number of rotatable bonds is 2. The predicted octanol–water partition coefficient (Wildman–Crippen LogP) is 0.848. The van der Waals surface area contributed by atoms with Gasteiger partial charge in [-0.25, -0.2) is 0 Å². The van der Waals surface area contributed by atoms with Crippen molar-refractivity contribution in [2.75, 3.05) is 13.1 Å². The van der Waals surface area contributed by atoms with Gasteiger partial charge in [-0.1, -0.05) is 13.8 Å². The van der Waals surface area contributed by atoms with Gasteiger partial charge in [0.15, 0.2) is 0 Å². The summed E-state index contributed by atoms with van der Waals surface area (Å²) >= 11 is 0. The zero-order valence-electron chi connectivity index (χ0n) is 6.02. The molecule has 0 saturated carbocycles. The van der Waals surface area contributed by atoms with Crippen molar-refractivity contribution in [3.63, 3.8) is 0 Å². The second kappa shape index (κ2) is 2.85. The summed E-state index contributed by atoms with van der Waals surface area (Å²) in [6.45, 7) is 6.27. The summed E-state index contributed by atoms with van der Waals surface area (Å²) < 4.78 is 0. The van der Waals surface area contributed by atoms with E-state index in [2.05, 4.69) is 30.6 Å². The van der Waals surface area contributed by atoms with Crippen LogP contribution in [-0.2, 0) is 0 Å². The van der Waals surface area contributed by atoms with Gasteiger partial charge in [0.2, 0.25) is 0 Å². The van der Waals surface area contributed by atoms with Crippen molar-refractivity contribution in [3.05, 3.63) is 6.42 Å². The summed E-state index contributed by atoms with van der Waals surface area (Å²) in [5, 5.41) is 3.18. The molecule has 0 aromatic rings. The Morgan fingerprint density at radius 1 is 1.67 bits per heavy atom. The second-order valence-corrected chi connectivity index (χ2v) is 2.60. The summed E-state index contributed by atoms with van der Waals surface area (Å²) in [5.41, 5.74) is 0. The Balaban J connectivity index is 2.26. The van der Waals surface area contributed by atoms with E-state index in [9.17, 15) is 0 Å². The third-order valence-electron chi connectivity index (χ3n) is 1.19. The minimum absolute atomic E-state index is 0.606. The molecule has 1 radical (unpaired) electrons. The maximum absolute atomic E-state index is 4.23. The van der Waals surface area contributed by atoms with Crippen LogP contribution < -0.4 is 5.32 Å². The van der Waals surface area contributed by atoms with Gasteiger partial charge in [-0.15, -0.1) is 0 Å². The van der Waals surface area contributed by atoms with Crippen molar-refractivity contribution >= 4 is 5.84 Å². The molecule has 2 heteroatoms. The predicted molar refractivity (Wildman–Crippen MR) is 39.4 cm³/mol. The van der Waals surface area contributed by atoms with Crippen molar-refractivity contribution in [2.24, 2.45) is 10.9 Å². The SMILES string of the molecule is CC(C)[CH]C1=NCCN1. The molecule has 51 valence electrons. The topological polar surface area (TPSA) is 24.4 Å². The highest BCUT2D eigenvalue weighted by molar-refractivity contribution is 5.91. The number of hydrogen-bond donors (Lipinski definition) is 1. The molecule has 0 unspecified atom stereocenters. The minimum Gasteiger partial charge on any atom is -0.372 e. The molecule has 1 rings (SSSR count). The molecule has 0 aromatic carbocycles. The summed E-state index contributed by atoms with van der Waals surface area (Å²) in [5.74, 6) is 1.68. The third kappa shape index (κ3) is 2.04. The zero-order valence-corrected chi connectivity index (χ0v) is 6.02. The van der Waals surface area contributed by atoms with Gasteiger partial charge in [0.25, 0.3) is 0 Å². The smallest absolute Gasteiger partial charge is 0.101 e. The molecule has 1 aliphatic heterocycles. The number of aliphatic imine (C=N–C) groups is 1. The van der Waals surface area contributed by atoms with Gasteiger partial charge in [-0.3, -0.25) is 4.99 Å². The Morgan fingerprint density at radius 3 is 2.89 bits per heavy atom. The lowest BCUT2D eigenvalue weighted by Crippen LogP contribution is -2.20. The van der Waals surface area contributed by atoms with Gasteiger partial charge < -0.3 is 5.32 Å². The van der Waals surface area contributed by atoms with Crippen LogP contribution in [0.1, 0.15) is 13.8 Å². The van der Waals surface area contributed by atoms with E-state index >= 15 is 0 Å². The fraction of sp³-hybridized carbons (Fsp3) is 0.714. The molecular formula is C7H13N2. The fourth-order valence-corrected chi connectivity index (χ4v) is 0.844. The number of amidine groups is 1. The van der Waals surface area contributed by atoms with Crippen molar-refractivity contribution in [2.45, 2.75) is 13.8 Å². The van der Waals surface area contributed by atoms with Gasteiger partial charge in [-0.2, -0.15) is 0 Å². The molecule has 1 N–H and O–H groups in total. The Morgan fingerprint density at radius 2 is 2.44 bits per heavy atom. The Labute approximate surface area is 56.4 Å². The van der Waals surface area contributed by atoms with Gasteiger partial charge >= 0.3 is 0 Å². The van der Waals surface area contributed by atoms with E-state index in [0.29, 0.717) is 5.92 Å². The first kappa shape index (κ1) is 6.59. The first-order valence-electron chi connectivity index (χ1n) is 3.42. The van der Waals surface area contributed by atoms with Crippen LogP contribution in [0.25, 0.3) is 0 Å². The van der Waals surface area contributed by atoms with Crippen molar-refractivity contribution in [1.29, 1.82) is 0 Å². The lowest BCUT2D eigenvalue weighted by molar-refractivity contribution is 0.789. The monoisotopic (exact) mass is 125 g/mol. The number of nitrogens with one attached hydrogen (secondary N) is 1. The van der Waals surface area contributed by atoms with Crippen LogP contribution in [0.2, 0.25) is 0 Å². The molecule has 0 bridgehead atoms. The molecule has 0 fully saturated rings. The largest absolute Gasteiger partial charge is 0.372 e. The molecule has 0 spiro atoms. The maximum Gasteiger partial charge on any atom is 0.101 e. The maximum atomic E-state index is 4.23. The summed E-state index contributed by atoms with van der Waals surface area (Å²) in [6, 6.07) is 0. The molecule has 0 amide bonds. The number of nitrogens with zero attached hydrogens (tertiary/aromatic N) is 1. The Kier molecular flexibility index (Phi) is 2.09. The minimum atomic E-state index is 0.606. The standard InChI is InChI=1S/C7H13N2/c1-6(2)5-7-8-3-4-9-7/h5-6H,3-4H2,1-2H3,(H,8,9). The van der Waals surface area contributed by atoms with Crippen LogP contribution in [-0.4, -0.2) is 18.9 Å². The highest BCUT2D eigenvalue weighted by Gasteiger charge is 2.05. The first-order chi connectivity index (χ1) is 4.29. The normalized spacial score (nSPS) is 17.9. The van der Waals surface area contributed by atoms with E-state index in [1.807, 2.05) is 0 Å². The lowest BCUT2D eigenvalue weighted by atomic mass is 10.1. The highest BCUT2D eigenvalue weighted by Crippen LogP contribution is 2.00. The lowest BCUT2D eigenvalue weighted by Gasteiger charge is -2.02. The van der Waals surface area contributed by atoms with E-state index in [1.54, 1.807) is 0 Å². The number of hydrogen-bond acceptors (Lipinski definition) is 2. The van der Waals surface area contributed by atoms with Crippen LogP contribution in [0.4, 0.5) is 0 Å². The Bertz CT molecular complexity index is 116. The molecule has 0 aromatic heterocycles. The van der Waals surface area contributed by atoms with Crippen LogP contribution in [0.5, 0.6) is 0 Å². The van der Waals surface area contributed by atoms with Crippen LogP contribution in [0.3, 0.4) is 0 Å². The van der Waals surface area contributed by atoms with E-state index in [1.165, 1.54) is 0 Å². The van der Waals surface area contributed by atoms with Crippen molar-refractivity contribution < 1.29 is 0 Å². The molecule has 0 aliphatic carbocycles. The van der Waals surface area contributed by atoms with E-state index < -0.39 is 0 Å². The average molecular weight is 125 g/mol. The molecule has 2 nitrogen and oxygen atoms in total. The molecule has 0 saturated heterocycles. The highest BCUT2D eigenvalue weighted by atomic mass is 15.1. The summed E-state index contributed by atoms with van der Waals surface area (Å²) in [7, 11) is 0. The van der Waals surface area contributed by atoms with Crippen LogP contribution in [0, 0.1) is 12.3 Å². The van der Waals surface area contributed by atoms with Crippen molar-refractivity contribution in [3.8, 4) is 0 Å². The van der Waals surface area contributed by atoms with Crippen LogP contribution >= 0.6 is 0 Å². The molecule has 0 atom stereocenters. The summed E-state index contributed by atoms with van der Waals surface area (Å²) in [4.78, 5) is 4.23. The molecule has 1 heterocycles. The molecular weight excluding hydrogens is 112 g/mol. The average Bonchev–Trinajstić information content (AvgIpc) is 2.15. The zero-order chi connectivity index (χ0) is 6.69. The first-order valence-corrected chi connectivity index (χ1v) is 3.42. The van der Waals surface area contributed by atoms with Gasteiger partial charge in [0.05, 0.1) is 6.54 Å².